The molecule has 1 amide bonds. The van der Waals surface area contributed by atoms with Crippen molar-refractivity contribution in [2.75, 3.05) is 44.8 Å². The number of benzene rings is 2. The highest BCUT2D eigenvalue weighted by molar-refractivity contribution is 5.83. The van der Waals surface area contributed by atoms with E-state index in [9.17, 15) is 18.0 Å². The van der Waals surface area contributed by atoms with Crippen LogP contribution in [-0.2, 0) is 22.3 Å². The Hall–Kier alpha value is -2.58. The van der Waals surface area contributed by atoms with Crippen LogP contribution in [0.5, 0.6) is 0 Å². The van der Waals surface area contributed by atoms with E-state index in [0.717, 1.165) is 5.56 Å². The topological polar surface area (TPSA) is 44.8 Å². The number of hydrogen-bond donors (Lipinski definition) is 1. The molecule has 0 saturated carbocycles. The third-order valence-electron chi connectivity index (χ3n) is 5.53. The lowest BCUT2D eigenvalue weighted by atomic mass is 10.0. The maximum Gasteiger partial charge on any atom is 0.416 e. The number of nitrogens with one attached hydrogen (secondary N) is 1. The monoisotopic (exact) mass is 435 g/mol. The predicted octanol–water partition coefficient (Wildman–Crippen LogP) is 3.85. The fourth-order valence-corrected chi connectivity index (χ4v) is 3.70. The smallest absolute Gasteiger partial charge is 0.378 e. The predicted molar refractivity (Wildman–Crippen MR) is 114 cm³/mol. The lowest BCUT2D eigenvalue weighted by Crippen LogP contribution is -2.38. The quantitative estimate of drug-likeness (QED) is 0.718. The second-order valence-corrected chi connectivity index (χ2v) is 7.54. The Morgan fingerprint density at radius 1 is 1.16 bits per heavy atom. The minimum Gasteiger partial charge on any atom is -0.378 e. The van der Waals surface area contributed by atoms with E-state index in [2.05, 4.69) is 5.32 Å². The minimum absolute atomic E-state index is 0.0452. The molecule has 168 valence electrons. The summed E-state index contributed by atoms with van der Waals surface area (Å²) in [5.41, 5.74) is 0.627. The molecule has 3 rings (SSSR count). The average molecular weight is 435 g/mol. The van der Waals surface area contributed by atoms with E-state index < -0.39 is 17.8 Å². The van der Waals surface area contributed by atoms with Gasteiger partial charge in [-0.05, 0) is 36.9 Å². The summed E-state index contributed by atoms with van der Waals surface area (Å²) in [6.45, 7) is 4.43. The van der Waals surface area contributed by atoms with Crippen LogP contribution in [-0.4, -0.2) is 50.7 Å². The fourth-order valence-electron chi connectivity index (χ4n) is 3.70. The summed E-state index contributed by atoms with van der Waals surface area (Å²) < 4.78 is 46.6. The normalized spacial score (nSPS) is 15.7. The largest absolute Gasteiger partial charge is 0.416 e. The molecule has 1 atom stereocenters. The Balaban J connectivity index is 1.80. The van der Waals surface area contributed by atoms with Crippen LogP contribution < -0.4 is 10.2 Å². The van der Waals surface area contributed by atoms with Gasteiger partial charge in [0.1, 0.15) is 6.04 Å². The first-order valence-electron chi connectivity index (χ1n) is 10.4. The van der Waals surface area contributed by atoms with Crippen molar-refractivity contribution in [1.82, 2.24) is 10.2 Å². The van der Waals surface area contributed by atoms with Gasteiger partial charge in [0.2, 0.25) is 5.91 Å². The molecule has 1 unspecified atom stereocenters. The molecule has 0 aliphatic carbocycles. The van der Waals surface area contributed by atoms with Crippen molar-refractivity contribution >= 4 is 11.6 Å². The summed E-state index contributed by atoms with van der Waals surface area (Å²) in [7, 11) is 1.81. The SMILES string of the molecule is CCN(C)C(C(=O)NCc1ccc(N2CCOCC2)cc1C(F)(F)F)c1ccccc1. The number of carbonyl (C=O) groups is 1. The molecule has 1 N–H and O–H groups in total. The molecule has 0 spiro atoms. The molecule has 0 aromatic heterocycles. The molecule has 0 radical (unpaired) electrons. The second-order valence-electron chi connectivity index (χ2n) is 7.54. The number of anilines is 1. The van der Waals surface area contributed by atoms with Crippen LogP contribution in [0, 0.1) is 0 Å². The second kappa shape index (κ2) is 10.2. The summed E-state index contributed by atoms with van der Waals surface area (Å²) in [6.07, 6.45) is -4.51. The van der Waals surface area contributed by atoms with Crippen LogP contribution >= 0.6 is 0 Å². The summed E-state index contributed by atoms with van der Waals surface area (Å²) in [5, 5.41) is 2.71. The van der Waals surface area contributed by atoms with Gasteiger partial charge in [-0.1, -0.05) is 43.3 Å². The van der Waals surface area contributed by atoms with Crippen molar-refractivity contribution in [2.45, 2.75) is 25.7 Å². The molecular formula is C23H28F3N3O2. The maximum absolute atomic E-state index is 13.8. The van der Waals surface area contributed by atoms with Crippen LogP contribution in [0.15, 0.2) is 48.5 Å². The van der Waals surface area contributed by atoms with Gasteiger partial charge in [0.05, 0.1) is 18.8 Å². The van der Waals surface area contributed by atoms with Crippen LogP contribution in [0.3, 0.4) is 0 Å². The van der Waals surface area contributed by atoms with Gasteiger partial charge in [-0.3, -0.25) is 9.69 Å². The van der Waals surface area contributed by atoms with Crippen molar-refractivity contribution in [3.63, 3.8) is 0 Å². The van der Waals surface area contributed by atoms with Crippen LogP contribution in [0.25, 0.3) is 0 Å². The highest BCUT2D eigenvalue weighted by Crippen LogP contribution is 2.35. The Labute approximate surface area is 180 Å². The molecule has 2 aromatic carbocycles. The standard InChI is InChI=1S/C23H28F3N3O2/c1-3-28(2)21(17-7-5-4-6-8-17)22(30)27-16-18-9-10-19(15-20(18)23(24,25)26)29-11-13-31-14-12-29/h4-10,15,21H,3,11-14,16H2,1-2H3,(H,27,30). The van der Waals surface area contributed by atoms with Gasteiger partial charge in [0.25, 0.3) is 0 Å². The Morgan fingerprint density at radius 2 is 1.84 bits per heavy atom. The number of likely N-dealkylation sites (N-methyl/N-ethyl adjacent to an activating group) is 1. The number of alkyl halides is 3. The van der Waals surface area contributed by atoms with Crippen molar-refractivity contribution in [2.24, 2.45) is 0 Å². The third kappa shape index (κ3) is 5.77. The first kappa shape index (κ1) is 23.1. The number of rotatable bonds is 7. The highest BCUT2D eigenvalue weighted by atomic mass is 19.4. The number of ether oxygens (including phenoxy) is 1. The first-order chi connectivity index (χ1) is 14.8. The van der Waals surface area contributed by atoms with Gasteiger partial charge in [0, 0.05) is 25.3 Å². The third-order valence-corrected chi connectivity index (χ3v) is 5.53. The Morgan fingerprint density at radius 3 is 2.45 bits per heavy atom. The molecule has 1 aliphatic rings. The number of halogens is 3. The van der Waals surface area contributed by atoms with E-state index in [1.54, 1.807) is 6.07 Å². The summed E-state index contributed by atoms with van der Waals surface area (Å²) >= 11 is 0. The Bertz CT molecular complexity index is 868. The fraction of sp³-hybridized carbons (Fsp3) is 0.435. The van der Waals surface area contributed by atoms with Crippen LogP contribution in [0.1, 0.15) is 29.7 Å². The number of hydrogen-bond acceptors (Lipinski definition) is 4. The lowest BCUT2D eigenvalue weighted by molar-refractivity contribution is -0.138. The number of carbonyl (C=O) groups excluding carboxylic acids is 1. The molecular weight excluding hydrogens is 407 g/mol. The van der Waals surface area contributed by atoms with Gasteiger partial charge >= 0.3 is 6.18 Å². The van der Waals surface area contributed by atoms with Crippen molar-refractivity contribution in [1.29, 1.82) is 0 Å². The molecule has 2 aromatic rings. The maximum atomic E-state index is 13.8. The van der Waals surface area contributed by atoms with Crippen molar-refractivity contribution < 1.29 is 22.7 Å². The van der Waals surface area contributed by atoms with E-state index in [1.165, 1.54) is 12.1 Å². The molecule has 1 aliphatic heterocycles. The van der Waals surface area contributed by atoms with Gasteiger partial charge in [-0.25, -0.2) is 0 Å². The zero-order chi connectivity index (χ0) is 22.4. The average Bonchev–Trinajstić information content (AvgIpc) is 2.78. The van der Waals surface area contributed by atoms with Gasteiger partial charge < -0.3 is 15.0 Å². The lowest BCUT2D eigenvalue weighted by Gasteiger charge is -2.30. The first-order valence-corrected chi connectivity index (χ1v) is 10.4. The number of nitrogens with zero attached hydrogens (tertiary/aromatic N) is 2. The molecule has 1 fully saturated rings. The minimum atomic E-state index is -4.51. The summed E-state index contributed by atoms with van der Waals surface area (Å²) in [4.78, 5) is 16.7. The van der Waals surface area contributed by atoms with Crippen molar-refractivity contribution in [3.8, 4) is 0 Å². The van der Waals surface area contributed by atoms with Gasteiger partial charge in [-0.15, -0.1) is 0 Å². The van der Waals surface area contributed by atoms with E-state index in [0.29, 0.717) is 38.5 Å². The van der Waals surface area contributed by atoms with Crippen molar-refractivity contribution in [3.05, 3.63) is 65.2 Å². The van der Waals surface area contributed by atoms with Gasteiger partial charge in [0.15, 0.2) is 0 Å². The summed E-state index contributed by atoms with van der Waals surface area (Å²) in [5.74, 6) is -0.332. The van der Waals surface area contributed by atoms with Gasteiger partial charge in [-0.2, -0.15) is 13.2 Å². The highest BCUT2D eigenvalue weighted by Gasteiger charge is 2.34. The number of amides is 1. The molecule has 1 saturated heterocycles. The number of morpholine rings is 1. The Kier molecular flexibility index (Phi) is 7.56. The van der Waals surface area contributed by atoms with Crippen LogP contribution in [0.4, 0.5) is 18.9 Å². The molecule has 5 nitrogen and oxygen atoms in total. The van der Waals surface area contributed by atoms with Crippen LogP contribution in [0.2, 0.25) is 0 Å². The summed E-state index contributed by atoms with van der Waals surface area (Å²) in [6, 6.07) is 12.9. The molecule has 0 bridgehead atoms. The van der Waals surface area contributed by atoms with E-state index >= 15 is 0 Å². The molecule has 1 heterocycles. The van der Waals surface area contributed by atoms with E-state index in [-0.39, 0.29) is 18.0 Å². The zero-order valence-electron chi connectivity index (χ0n) is 17.8. The molecule has 31 heavy (non-hydrogen) atoms. The molecule has 8 heteroatoms. The zero-order valence-corrected chi connectivity index (χ0v) is 17.8. The van der Waals surface area contributed by atoms with E-state index in [1.807, 2.05) is 54.1 Å². The van der Waals surface area contributed by atoms with E-state index in [4.69, 9.17) is 4.74 Å².